The Bertz CT molecular complexity index is 908. The Morgan fingerprint density at radius 3 is 2.62 bits per heavy atom. The molecule has 0 unspecified atom stereocenters. The maximum absolute atomic E-state index is 12.9. The molecule has 0 aliphatic heterocycles. The Hall–Kier alpha value is -1.61. The van der Waals surface area contributed by atoms with Gasteiger partial charge in [0.25, 0.3) is 5.91 Å². The van der Waals surface area contributed by atoms with Gasteiger partial charge in [0.05, 0.1) is 8.82 Å². The fraction of sp³-hybridized carbons (Fsp3) is 0. The number of aromatic nitrogens is 2. The molecule has 2 aromatic heterocycles. The molecule has 1 N–H and O–H groups in total. The number of carbonyl (C=O) groups excluding carboxylic acids is 1. The Kier molecular flexibility index (Phi) is 5.40. The van der Waals surface area contributed by atoms with Crippen molar-refractivity contribution >= 4 is 72.9 Å². The van der Waals surface area contributed by atoms with E-state index in [0.29, 0.717) is 15.7 Å². The zero-order chi connectivity index (χ0) is 17.1. The molecule has 3 rings (SSSR count). The first-order valence-corrected chi connectivity index (χ1v) is 9.40. The first-order chi connectivity index (χ1) is 11.5. The molecule has 0 spiro atoms. The highest BCUT2D eigenvalue weighted by Gasteiger charge is 2.15. The van der Waals surface area contributed by atoms with Gasteiger partial charge in [-0.15, -0.1) is 21.5 Å². The van der Waals surface area contributed by atoms with Gasteiger partial charge >= 0.3 is 0 Å². The van der Waals surface area contributed by atoms with E-state index in [2.05, 4.69) is 31.4 Å². The van der Waals surface area contributed by atoms with Crippen molar-refractivity contribution in [2.75, 3.05) is 5.32 Å². The van der Waals surface area contributed by atoms with Crippen LogP contribution in [0.5, 0.6) is 0 Å². The minimum atomic E-state index is -0.423. The van der Waals surface area contributed by atoms with Crippen LogP contribution in [0.2, 0.25) is 0 Å². The Balaban J connectivity index is 1.73. The minimum absolute atomic E-state index is 0.173. The lowest BCUT2D eigenvalue weighted by Crippen LogP contribution is -2.11. The van der Waals surface area contributed by atoms with Crippen LogP contribution < -0.4 is 5.32 Å². The molecule has 0 bridgehead atoms. The molecule has 0 aliphatic rings. The Morgan fingerprint density at radius 2 is 1.96 bits per heavy atom. The molecule has 0 saturated carbocycles. The molecule has 0 saturated heterocycles. The van der Waals surface area contributed by atoms with Crippen LogP contribution in [0.1, 0.15) is 20.4 Å². The highest BCUT2D eigenvalue weighted by Crippen LogP contribution is 2.28. The summed E-state index contributed by atoms with van der Waals surface area (Å²) in [5.74, 6) is -0.795. The fourth-order valence-corrected chi connectivity index (χ4v) is 3.80. The van der Waals surface area contributed by atoms with Gasteiger partial charge in [0, 0.05) is 5.69 Å². The minimum Gasteiger partial charge on any atom is -0.320 e. The molecule has 2 heterocycles. The predicted molar refractivity (Wildman–Crippen MR) is 100 cm³/mol. The molecule has 24 heavy (non-hydrogen) atoms. The lowest BCUT2D eigenvalue weighted by Gasteiger charge is -2.01. The van der Waals surface area contributed by atoms with E-state index in [1.165, 1.54) is 24.3 Å². The normalized spacial score (nSPS) is 11.5. The van der Waals surface area contributed by atoms with Gasteiger partial charge in [-0.25, -0.2) is 4.39 Å². The maximum atomic E-state index is 12.9. The molecule has 0 atom stereocenters. The fourth-order valence-electron chi connectivity index (χ4n) is 1.74. The number of thiophene rings is 1. The van der Waals surface area contributed by atoms with Crippen LogP contribution in [-0.2, 0) is 0 Å². The zero-order valence-electron chi connectivity index (χ0n) is 11.8. The standard InChI is InChI=1S/C15H8BrClFN3OS2/c16-12-6-8(7-23-12)5-11(17)14-20-21-15(24-14)13(22)19-10-3-1-9(18)2-4-10/h1-7H,(H,19,22)/b11-5-. The third-order valence-corrected chi connectivity index (χ3v) is 5.68. The first kappa shape index (κ1) is 17.2. The van der Waals surface area contributed by atoms with Crippen LogP contribution in [0.4, 0.5) is 10.1 Å². The van der Waals surface area contributed by atoms with Crippen LogP contribution in [0.15, 0.2) is 39.5 Å². The molecular formula is C15H8BrClFN3OS2. The second-order valence-corrected chi connectivity index (χ2v) is 8.23. The Morgan fingerprint density at radius 1 is 1.25 bits per heavy atom. The number of nitrogens with one attached hydrogen (secondary N) is 1. The molecule has 9 heteroatoms. The van der Waals surface area contributed by atoms with E-state index in [4.69, 9.17) is 11.6 Å². The van der Waals surface area contributed by atoms with Gasteiger partial charge in [-0.3, -0.25) is 4.79 Å². The SMILES string of the molecule is O=C(Nc1ccc(F)cc1)c1nnc(/C(Cl)=C/c2csc(Br)c2)s1. The summed E-state index contributed by atoms with van der Waals surface area (Å²) in [6.07, 6.45) is 1.75. The third-order valence-electron chi connectivity index (χ3n) is 2.81. The first-order valence-electron chi connectivity index (χ1n) is 6.53. The quantitative estimate of drug-likeness (QED) is 0.579. The third kappa shape index (κ3) is 4.27. The van der Waals surface area contributed by atoms with E-state index >= 15 is 0 Å². The second-order valence-electron chi connectivity index (χ2n) is 4.55. The molecule has 3 aromatic rings. The number of carbonyl (C=O) groups is 1. The molecule has 0 radical (unpaired) electrons. The van der Waals surface area contributed by atoms with E-state index in [1.54, 1.807) is 17.4 Å². The number of hydrogen-bond acceptors (Lipinski definition) is 5. The van der Waals surface area contributed by atoms with Crippen LogP contribution in [-0.4, -0.2) is 16.1 Å². The summed E-state index contributed by atoms with van der Waals surface area (Å²) in [6.45, 7) is 0. The van der Waals surface area contributed by atoms with Crippen molar-refractivity contribution in [3.63, 3.8) is 0 Å². The zero-order valence-corrected chi connectivity index (χ0v) is 15.8. The van der Waals surface area contributed by atoms with Crippen molar-refractivity contribution < 1.29 is 9.18 Å². The van der Waals surface area contributed by atoms with Crippen LogP contribution in [0, 0.1) is 5.82 Å². The van der Waals surface area contributed by atoms with E-state index in [9.17, 15) is 9.18 Å². The number of rotatable bonds is 4. The highest BCUT2D eigenvalue weighted by atomic mass is 79.9. The summed E-state index contributed by atoms with van der Waals surface area (Å²) in [7, 11) is 0. The summed E-state index contributed by atoms with van der Waals surface area (Å²) in [6, 6.07) is 7.39. The van der Waals surface area contributed by atoms with Crippen LogP contribution >= 0.6 is 50.2 Å². The lowest BCUT2D eigenvalue weighted by atomic mass is 10.3. The second kappa shape index (κ2) is 7.52. The molecule has 0 aliphatic carbocycles. The van der Waals surface area contributed by atoms with Crippen molar-refractivity contribution in [2.45, 2.75) is 0 Å². The van der Waals surface area contributed by atoms with Crippen LogP contribution in [0.3, 0.4) is 0 Å². The number of amides is 1. The largest absolute Gasteiger partial charge is 0.320 e. The molecular weight excluding hydrogens is 437 g/mol. The summed E-state index contributed by atoms with van der Waals surface area (Å²) in [5, 5.41) is 13.4. The summed E-state index contributed by atoms with van der Waals surface area (Å²) < 4.78 is 13.9. The molecule has 122 valence electrons. The van der Waals surface area contributed by atoms with Crippen molar-refractivity contribution in [3.05, 3.63) is 60.9 Å². The van der Waals surface area contributed by atoms with Gasteiger partial charge in [-0.1, -0.05) is 22.9 Å². The number of benzene rings is 1. The van der Waals surface area contributed by atoms with E-state index in [1.807, 2.05) is 11.4 Å². The average Bonchev–Trinajstić information content (AvgIpc) is 3.19. The maximum Gasteiger partial charge on any atom is 0.286 e. The number of hydrogen-bond donors (Lipinski definition) is 1. The van der Waals surface area contributed by atoms with Gasteiger partial charge < -0.3 is 5.32 Å². The van der Waals surface area contributed by atoms with Gasteiger partial charge in [-0.05, 0) is 63.3 Å². The molecule has 0 fully saturated rings. The topological polar surface area (TPSA) is 54.9 Å². The summed E-state index contributed by atoms with van der Waals surface area (Å²) in [4.78, 5) is 12.1. The highest BCUT2D eigenvalue weighted by molar-refractivity contribution is 9.11. The van der Waals surface area contributed by atoms with E-state index < -0.39 is 5.91 Å². The Labute approximate surface area is 158 Å². The van der Waals surface area contributed by atoms with Crippen molar-refractivity contribution in [2.24, 2.45) is 0 Å². The summed E-state index contributed by atoms with van der Waals surface area (Å²) >= 11 is 12.2. The summed E-state index contributed by atoms with van der Waals surface area (Å²) in [5.41, 5.74) is 1.41. The van der Waals surface area contributed by atoms with Crippen molar-refractivity contribution in [3.8, 4) is 0 Å². The van der Waals surface area contributed by atoms with Gasteiger partial charge in [0.2, 0.25) is 5.01 Å². The smallest absolute Gasteiger partial charge is 0.286 e. The van der Waals surface area contributed by atoms with Crippen molar-refractivity contribution in [1.82, 2.24) is 10.2 Å². The number of halogens is 3. The van der Waals surface area contributed by atoms with E-state index in [0.717, 1.165) is 20.7 Å². The van der Waals surface area contributed by atoms with Gasteiger partial charge in [0.15, 0.2) is 5.01 Å². The molecule has 4 nitrogen and oxygen atoms in total. The average molecular weight is 445 g/mol. The van der Waals surface area contributed by atoms with E-state index in [-0.39, 0.29) is 10.8 Å². The monoisotopic (exact) mass is 443 g/mol. The van der Waals surface area contributed by atoms with Crippen LogP contribution in [0.25, 0.3) is 11.1 Å². The van der Waals surface area contributed by atoms with Gasteiger partial charge in [0.1, 0.15) is 5.82 Å². The number of nitrogens with zero attached hydrogens (tertiary/aromatic N) is 2. The molecule has 1 amide bonds. The van der Waals surface area contributed by atoms with Crippen molar-refractivity contribution in [1.29, 1.82) is 0 Å². The number of anilines is 1. The molecule has 1 aromatic carbocycles. The predicted octanol–water partition coefficient (Wildman–Crippen LogP) is 5.49. The lowest BCUT2D eigenvalue weighted by molar-refractivity contribution is 0.102. The van der Waals surface area contributed by atoms with Gasteiger partial charge in [-0.2, -0.15) is 0 Å².